The number of thioether (sulfide) groups is 1. The second-order valence-corrected chi connectivity index (χ2v) is 4.14. The van der Waals surface area contributed by atoms with Crippen molar-refractivity contribution in [1.29, 1.82) is 0 Å². The maximum absolute atomic E-state index is 8.48. The van der Waals surface area contributed by atoms with Crippen molar-refractivity contribution in [2.24, 2.45) is 0 Å². The summed E-state index contributed by atoms with van der Waals surface area (Å²) >= 11 is 1.84. The lowest BCUT2D eigenvalue weighted by molar-refractivity contribution is 0.322. The molecule has 0 aliphatic heterocycles. The van der Waals surface area contributed by atoms with E-state index in [2.05, 4.69) is 5.32 Å². The fraction of sp³-hybridized carbons (Fsp3) is 1.00. The van der Waals surface area contributed by atoms with Gasteiger partial charge in [0.05, 0.1) is 6.61 Å². The average Bonchev–Trinajstić information content (AvgIpc) is 2.80. The molecule has 0 heterocycles. The molecule has 0 unspecified atom stereocenters. The molecule has 0 aromatic heterocycles. The molecule has 0 amide bonds. The van der Waals surface area contributed by atoms with Gasteiger partial charge in [0.15, 0.2) is 0 Å². The zero-order chi connectivity index (χ0) is 7.94. The molecule has 1 aliphatic carbocycles. The third-order valence-corrected chi connectivity index (χ3v) is 2.76. The van der Waals surface area contributed by atoms with Crippen molar-refractivity contribution in [3.05, 3.63) is 0 Å². The summed E-state index contributed by atoms with van der Waals surface area (Å²) in [6.45, 7) is 1.48. The molecule has 2 N–H and O–H groups in total. The van der Waals surface area contributed by atoms with Crippen LogP contribution in [0.5, 0.6) is 0 Å². The van der Waals surface area contributed by atoms with Crippen LogP contribution in [0.3, 0.4) is 0 Å². The summed E-state index contributed by atoms with van der Waals surface area (Å²) in [6.07, 6.45) is 3.99. The Morgan fingerprint density at radius 2 is 2.18 bits per heavy atom. The molecule has 66 valence electrons. The normalized spacial score (nSPS) is 17.2. The highest BCUT2D eigenvalue weighted by Gasteiger charge is 2.19. The van der Waals surface area contributed by atoms with Gasteiger partial charge in [0, 0.05) is 11.8 Å². The van der Waals surface area contributed by atoms with Gasteiger partial charge in [-0.3, -0.25) is 0 Å². The SMILES string of the molecule is OCCSCCCNC1CC1. The van der Waals surface area contributed by atoms with Crippen molar-refractivity contribution in [3.63, 3.8) is 0 Å². The van der Waals surface area contributed by atoms with E-state index in [1.165, 1.54) is 25.0 Å². The minimum atomic E-state index is 0.320. The average molecular weight is 175 g/mol. The molecule has 0 radical (unpaired) electrons. The molecule has 1 rings (SSSR count). The molecule has 0 spiro atoms. The van der Waals surface area contributed by atoms with Crippen LogP contribution in [0.2, 0.25) is 0 Å². The predicted octanol–water partition coefficient (Wildman–Crippen LogP) is 0.854. The maximum Gasteiger partial charge on any atom is 0.0521 e. The van der Waals surface area contributed by atoms with Crippen molar-refractivity contribution in [2.75, 3.05) is 24.7 Å². The Balaban J connectivity index is 1.66. The minimum Gasteiger partial charge on any atom is -0.396 e. The van der Waals surface area contributed by atoms with Crippen LogP contribution >= 0.6 is 11.8 Å². The number of aliphatic hydroxyl groups is 1. The number of nitrogens with one attached hydrogen (secondary N) is 1. The summed E-state index contributed by atoms with van der Waals surface area (Å²) in [5.74, 6) is 2.07. The molecule has 1 saturated carbocycles. The second kappa shape index (κ2) is 5.86. The largest absolute Gasteiger partial charge is 0.396 e. The molecule has 11 heavy (non-hydrogen) atoms. The van der Waals surface area contributed by atoms with E-state index in [4.69, 9.17) is 5.11 Å². The first-order valence-electron chi connectivity index (χ1n) is 4.35. The van der Waals surface area contributed by atoms with Gasteiger partial charge in [-0.15, -0.1) is 0 Å². The van der Waals surface area contributed by atoms with Crippen LogP contribution < -0.4 is 5.32 Å². The van der Waals surface area contributed by atoms with Crippen LogP contribution in [0.25, 0.3) is 0 Å². The lowest BCUT2D eigenvalue weighted by Gasteiger charge is -2.01. The van der Waals surface area contributed by atoms with Crippen LogP contribution in [0.15, 0.2) is 0 Å². The van der Waals surface area contributed by atoms with Gasteiger partial charge in [-0.2, -0.15) is 11.8 Å². The highest BCUT2D eigenvalue weighted by atomic mass is 32.2. The third-order valence-electron chi connectivity index (χ3n) is 1.71. The van der Waals surface area contributed by atoms with E-state index in [-0.39, 0.29) is 0 Å². The molecule has 0 bridgehead atoms. The van der Waals surface area contributed by atoms with Crippen molar-refractivity contribution in [3.8, 4) is 0 Å². The Morgan fingerprint density at radius 1 is 1.36 bits per heavy atom. The van der Waals surface area contributed by atoms with Crippen LogP contribution in [-0.4, -0.2) is 35.8 Å². The van der Waals surface area contributed by atoms with Crippen LogP contribution in [0.4, 0.5) is 0 Å². The number of aliphatic hydroxyl groups excluding tert-OH is 1. The topological polar surface area (TPSA) is 32.3 Å². The number of hydrogen-bond acceptors (Lipinski definition) is 3. The van der Waals surface area contributed by atoms with Crippen LogP contribution in [0.1, 0.15) is 19.3 Å². The Kier molecular flexibility index (Phi) is 4.99. The predicted molar refractivity (Wildman–Crippen MR) is 50.1 cm³/mol. The Hall–Kier alpha value is 0.270. The molecule has 1 fully saturated rings. The highest BCUT2D eigenvalue weighted by Crippen LogP contribution is 2.18. The van der Waals surface area contributed by atoms with E-state index in [1.54, 1.807) is 0 Å². The monoisotopic (exact) mass is 175 g/mol. The zero-order valence-corrected chi connectivity index (χ0v) is 7.70. The molecule has 0 aromatic rings. The van der Waals surface area contributed by atoms with E-state index in [9.17, 15) is 0 Å². The first kappa shape index (κ1) is 9.36. The van der Waals surface area contributed by atoms with E-state index in [0.717, 1.165) is 18.3 Å². The molecule has 1 aliphatic rings. The van der Waals surface area contributed by atoms with Gasteiger partial charge in [0.2, 0.25) is 0 Å². The molecule has 2 nitrogen and oxygen atoms in total. The summed E-state index contributed by atoms with van der Waals surface area (Å²) < 4.78 is 0. The first-order chi connectivity index (χ1) is 5.43. The van der Waals surface area contributed by atoms with Gasteiger partial charge in [0.1, 0.15) is 0 Å². The third kappa shape index (κ3) is 5.53. The van der Waals surface area contributed by atoms with Gasteiger partial charge in [-0.1, -0.05) is 0 Å². The summed E-state index contributed by atoms with van der Waals surface area (Å²) in [6, 6.07) is 0.845. The fourth-order valence-corrected chi connectivity index (χ4v) is 1.62. The van der Waals surface area contributed by atoms with Gasteiger partial charge in [-0.25, -0.2) is 0 Å². The lowest BCUT2D eigenvalue weighted by Crippen LogP contribution is -2.17. The first-order valence-corrected chi connectivity index (χ1v) is 5.51. The van der Waals surface area contributed by atoms with Gasteiger partial charge >= 0.3 is 0 Å². The Morgan fingerprint density at radius 3 is 2.82 bits per heavy atom. The molecule has 0 saturated heterocycles. The summed E-state index contributed by atoms with van der Waals surface area (Å²) in [5.41, 5.74) is 0. The lowest BCUT2D eigenvalue weighted by atomic mass is 10.5. The summed E-state index contributed by atoms with van der Waals surface area (Å²) in [4.78, 5) is 0. The Labute approximate surface area is 72.8 Å². The smallest absolute Gasteiger partial charge is 0.0521 e. The zero-order valence-electron chi connectivity index (χ0n) is 6.88. The highest BCUT2D eigenvalue weighted by molar-refractivity contribution is 7.99. The number of rotatable bonds is 7. The van der Waals surface area contributed by atoms with Gasteiger partial charge < -0.3 is 10.4 Å². The second-order valence-electron chi connectivity index (χ2n) is 2.92. The van der Waals surface area contributed by atoms with Gasteiger partial charge in [0.25, 0.3) is 0 Å². The van der Waals surface area contributed by atoms with E-state index in [1.807, 2.05) is 11.8 Å². The van der Waals surface area contributed by atoms with E-state index < -0.39 is 0 Å². The van der Waals surface area contributed by atoms with Crippen molar-refractivity contribution in [1.82, 2.24) is 5.32 Å². The number of hydrogen-bond donors (Lipinski definition) is 2. The van der Waals surface area contributed by atoms with Gasteiger partial charge in [-0.05, 0) is 31.6 Å². The van der Waals surface area contributed by atoms with Crippen molar-refractivity contribution < 1.29 is 5.11 Å². The van der Waals surface area contributed by atoms with Crippen LogP contribution in [-0.2, 0) is 0 Å². The Bertz CT molecular complexity index is 96.1. The molecule has 0 atom stereocenters. The fourth-order valence-electron chi connectivity index (χ4n) is 0.934. The van der Waals surface area contributed by atoms with E-state index >= 15 is 0 Å². The minimum absolute atomic E-state index is 0.320. The quantitative estimate of drug-likeness (QED) is 0.563. The van der Waals surface area contributed by atoms with Crippen molar-refractivity contribution in [2.45, 2.75) is 25.3 Å². The van der Waals surface area contributed by atoms with E-state index in [0.29, 0.717) is 6.61 Å². The van der Waals surface area contributed by atoms with Crippen LogP contribution in [0, 0.1) is 0 Å². The standard InChI is InChI=1S/C8H17NOS/c10-5-7-11-6-1-4-9-8-2-3-8/h8-10H,1-7H2. The molecular weight excluding hydrogens is 158 g/mol. The summed E-state index contributed by atoms with van der Waals surface area (Å²) in [7, 11) is 0. The maximum atomic E-state index is 8.48. The molecular formula is C8H17NOS. The molecule has 3 heteroatoms. The van der Waals surface area contributed by atoms with Crippen molar-refractivity contribution >= 4 is 11.8 Å². The summed E-state index contributed by atoms with van der Waals surface area (Å²) in [5, 5.41) is 11.9. The molecule has 0 aromatic carbocycles.